The minimum absolute atomic E-state index is 0.0248. The van der Waals surface area contributed by atoms with Crippen LogP contribution in [0.15, 0.2) is 18.2 Å². The summed E-state index contributed by atoms with van der Waals surface area (Å²) in [6.07, 6.45) is 1.72. The maximum Gasteiger partial charge on any atom is 0.304 e. The second-order valence-corrected chi connectivity index (χ2v) is 4.70. The SMILES string of the molecule is CN1CCc2cc(CC(N)CC(=O)O)ccc21. The zero-order valence-electron chi connectivity index (χ0n) is 10.0. The fourth-order valence-corrected chi connectivity index (χ4v) is 2.35. The third-order valence-electron chi connectivity index (χ3n) is 3.21. The molecule has 1 aromatic carbocycles. The maximum absolute atomic E-state index is 10.5. The van der Waals surface area contributed by atoms with E-state index >= 15 is 0 Å². The molecule has 4 nitrogen and oxygen atoms in total. The average molecular weight is 234 g/mol. The van der Waals surface area contributed by atoms with Crippen LogP contribution in [-0.4, -0.2) is 30.7 Å². The van der Waals surface area contributed by atoms with E-state index in [4.69, 9.17) is 10.8 Å². The molecule has 1 heterocycles. The first kappa shape index (κ1) is 11.9. The molecule has 0 aromatic heterocycles. The Hall–Kier alpha value is -1.55. The number of anilines is 1. The lowest BCUT2D eigenvalue weighted by Gasteiger charge is -2.13. The monoisotopic (exact) mass is 234 g/mol. The Morgan fingerprint density at radius 2 is 2.35 bits per heavy atom. The lowest BCUT2D eigenvalue weighted by molar-refractivity contribution is -0.137. The molecule has 0 amide bonds. The fourth-order valence-electron chi connectivity index (χ4n) is 2.35. The number of carboxylic acids is 1. The first-order valence-electron chi connectivity index (χ1n) is 5.86. The summed E-state index contributed by atoms with van der Waals surface area (Å²) < 4.78 is 0. The van der Waals surface area contributed by atoms with Gasteiger partial charge in [0.15, 0.2) is 0 Å². The van der Waals surface area contributed by atoms with Crippen LogP contribution in [-0.2, 0) is 17.6 Å². The minimum atomic E-state index is -0.835. The van der Waals surface area contributed by atoms with Crippen molar-refractivity contribution in [2.24, 2.45) is 5.73 Å². The van der Waals surface area contributed by atoms with Crippen molar-refractivity contribution in [1.29, 1.82) is 0 Å². The van der Waals surface area contributed by atoms with Gasteiger partial charge in [0.05, 0.1) is 6.42 Å². The van der Waals surface area contributed by atoms with Crippen LogP contribution in [0.4, 0.5) is 5.69 Å². The maximum atomic E-state index is 10.5. The predicted molar refractivity (Wildman–Crippen MR) is 67.3 cm³/mol. The second kappa shape index (κ2) is 4.75. The Labute approximate surface area is 101 Å². The van der Waals surface area contributed by atoms with Gasteiger partial charge in [-0.25, -0.2) is 0 Å². The van der Waals surface area contributed by atoms with Gasteiger partial charge in [0.1, 0.15) is 0 Å². The standard InChI is InChI=1S/C13H18N2O2/c1-15-5-4-10-6-9(2-3-12(10)15)7-11(14)8-13(16)17/h2-3,6,11H,4-5,7-8,14H2,1H3,(H,16,17). The molecule has 17 heavy (non-hydrogen) atoms. The molecule has 1 aliphatic heterocycles. The molecule has 1 aromatic rings. The average Bonchev–Trinajstić information content (AvgIpc) is 2.58. The highest BCUT2D eigenvalue weighted by Gasteiger charge is 2.16. The van der Waals surface area contributed by atoms with E-state index in [0.717, 1.165) is 18.5 Å². The van der Waals surface area contributed by atoms with Crippen molar-refractivity contribution >= 4 is 11.7 Å². The van der Waals surface area contributed by atoms with E-state index in [1.807, 2.05) is 6.07 Å². The van der Waals surface area contributed by atoms with E-state index in [2.05, 4.69) is 24.1 Å². The Morgan fingerprint density at radius 1 is 1.59 bits per heavy atom. The summed E-state index contributed by atoms with van der Waals surface area (Å²) >= 11 is 0. The Kier molecular flexibility index (Phi) is 3.33. The predicted octanol–water partition coefficient (Wildman–Crippen LogP) is 1.02. The number of carboxylic acid groups (broad SMARTS) is 1. The molecule has 0 saturated carbocycles. The van der Waals surface area contributed by atoms with Crippen molar-refractivity contribution in [1.82, 2.24) is 0 Å². The van der Waals surface area contributed by atoms with E-state index in [9.17, 15) is 4.79 Å². The van der Waals surface area contributed by atoms with Crippen molar-refractivity contribution in [3.05, 3.63) is 29.3 Å². The van der Waals surface area contributed by atoms with Gasteiger partial charge in [0.25, 0.3) is 0 Å². The highest BCUT2D eigenvalue weighted by atomic mass is 16.4. The van der Waals surface area contributed by atoms with E-state index in [1.165, 1.54) is 11.3 Å². The van der Waals surface area contributed by atoms with E-state index in [1.54, 1.807) is 0 Å². The van der Waals surface area contributed by atoms with Gasteiger partial charge in [-0.3, -0.25) is 4.79 Å². The van der Waals surface area contributed by atoms with Gasteiger partial charge < -0.3 is 15.7 Å². The van der Waals surface area contributed by atoms with Crippen molar-refractivity contribution in [2.45, 2.75) is 25.3 Å². The van der Waals surface area contributed by atoms with Crippen molar-refractivity contribution in [3.63, 3.8) is 0 Å². The summed E-state index contributed by atoms with van der Waals surface area (Å²) in [5.41, 5.74) is 9.54. The summed E-state index contributed by atoms with van der Waals surface area (Å²) in [4.78, 5) is 12.8. The van der Waals surface area contributed by atoms with Crippen molar-refractivity contribution in [2.75, 3.05) is 18.5 Å². The Bertz CT molecular complexity index is 431. The number of rotatable bonds is 4. The number of hydrogen-bond donors (Lipinski definition) is 2. The van der Waals surface area contributed by atoms with Gasteiger partial charge in [0.2, 0.25) is 0 Å². The minimum Gasteiger partial charge on any atom is -0.481 e. The van der Waals surface area contributed by atoms with Crippen molar-refractivity contribution in [3.8, 4) is 0 Å². The van der Waals surface area contributed by atoms with E-state index in [0.29, 0.717) is 6.42 Å². The first-order chi connectivity index (χ1) is 8.06. The van der Waals surface area contributed by atoms with Crippen molar-refractivity contribution < 1.29 is 9.90 Å². The number of carbonyl (C=O) groups is 1. The molecule has 0 spiro atoms. The van der Waals surface area contributed by atoms with E-state index in [-0.39, 0.29) is 12.5 Å². The highest BCUT2D eigenvalue weighted by Crippen LogP contribution is 2.27. The molecule has 3 N–H and O–H groups in total. The van der Waals surface area contributed by atoms with Gasteiger partial charge in [-0.15, -0.1) is 0 Å². The highest BCUT2D eigenvalue weighted by molar-refractivity contribution is 5.67. The van der Waals surface area contributed by atoms with Gasteiger partial charge >= 0.3 is 5.97 Å². The molecular weight excluding hydrogens is 216 g/mol. The molecule has 92 valence electrons. The van der Waals surface area contributed by atoms with Gasteiger partial charge in [0, 0.05) is 25.3 Å². The zero-order chi connectivity index (χ0) is 12.4. The lowest BCUT2D eigenvalue weighted by atomic mass is 10.0. The summed E-state index contributed by atoms with van der Waals surface area (Å²) in [6, 6.07) is 6.00. The number of nitrogens with zero attached hydrogens (tertiary/aromatic N) is 1. The van der Waals surface area contributed by atoms with Crippen LogP contribution in [0.1, 0.15) is 17.5 Å². The van der Waals surface area contributed by atoms with Gasteiger partial charge in [-0.05, 0) is 30.0 Å². The number of nitrogens with two attached hydrogens (primary N) is 1. The number of benzene rings is 1. The summed E-state index contributed by atoms with van der Waals surface area (Å²) in [5, 5.41) is 8.66. The number of hydrogen-bond acceptors (Lipinski definition) is 3. The van der Waals surface area contributed by atoms with Crippen LogP contribution in [0.2, 0.25) is 0 Å². The molecule has 0 aliphatic carbocycles. The summed E-state index contributed by atoms with van der Waals surface area (Å²) in [7, 11) is 2.08. The molecule has 0 saturated heterocycles. The van der Waals surface area contributed by atoms with Crippen LogP contribution in [0.25, 0.3) is 0 Å². The molecule has 1 unspecified atom stereocenters. The van der Waals surface area contributed by atoms with Gasteiger partial charge in [-0.2, -0.15) is 0 Å². The van der Waals surface area contributed by atoms with Crippen LogP contribution in [0.3, 0.4) is 0 Å². The van der Waals surface area contributed by atoms with E-state index < -0.39 is 5.97 Å². The van der Waals surface area contributed by atoms with Crippen LogP contribution >= 0.6 is 0 Å². The molecule has 4 heteroatoms. The van der Waals surface area contributed by atoms with Gasteiger partial charge in [-0.1, -0.05) is 12.1 Å². The molecule has 0 fully saturated rings. The van der Waals surface area contributed by atoms with Crippen LogP contribution < -0.4 is 10.6 Å². The zero-order valence-corrected chi connectivity index (χ0v) is 10.0. The Balaban J connectivity index is 2.06. The largest absolute Gasteiger partial charge is 0.481 e. The second-order valence-electron chi connectivity index (χ2n) is 4.70. The quantitative estimate of drug-likeness (QED) is 0.816. The smallest absolute Gasteiger partial charge is 0.304 e. The molecule has 2 rings (SSSR count). The Morgan fingerprint density at radius 3 is 3.06 bits per heavy atom. The fraction of sp³-hybridized carbons (Fsp3) is 0.462. The lowest BCUT2D eigenvalue weighted by Crippen LogP contribution is -2.26. The number of aliphatic carboxylic acids is 1. The molecule has 0 radical (unpaired) electrons. The van der Waals surface area contributed by atoms with Crippen LogP contribution in [0, 0.1) is 0 Å². The third kappa shape index (κ3) is 2.77. The third-order valence-corrected chi connectivity index (χ3v) is 3.21. The summed E-state index contributed by atoms with van der Waals surface area (Å²) in [5.74, 6) is -0.835. The molecule has 1 atom stereocenters. The first-order valence-corrected chi connectivity index (χ1v) is 5.86. The number of fused-ring (bicyclic) bond motifs is 1. The molecular formula is C13H18N2O2. The normalized spacial score (nSPS) is 15.8. The molecule has 1 aliphatic rings. The number of likely N-dealkylation sites (N-methyl/N-ethyl adjacent to an activating group) is 1. The molecule has 0 bridgehead atoms. The van der Waals surface area contributed by atoms with Crippen LogP contribution in [0.5, 0.6) is 0 Å². The summed E-state index contributed by atoms with van der Waals surface area (Å²) in [6.45, 7) is 1.06. The topological polar surface area (TPSA) is 66.6 Å².